The van der Waals surface area contributed by atoms with Crippen molar-refractivity contribution in [3.63, 3.8) is 0 Å². The van der Waals surface area contributed by atoms with E-state index in [-0.39, 0.29) is 25.4 Å². The number of esters is 2. The van der Waals surface area contributed by atoms with Crippen molar-refractivity contribution in [2.24, 2.45) is 0 Å². The Kier molecular flexibility index (Phi) is 7.31. The number of carbonyl (C=O) groups is 2. The van der Waals surface area contributed by atoms with E-state index in [4.69, 9.17) is 18.9 Å². The highest BCUT2D eigenvalue weighted by molar-refractivity contribution is 5.91. The Labute approximate surface area is 129 Å². The summed E-state index contributed by atoms with van der Waals surface area (Å²) in [5, 5.41) is 6.26. The van der Waals surface area contributed by atoms with E-state index in [2.05, 4.69) is 10.6 Å². The SMILES string of the molecule is O=C(/C=C\C(=O)OC[C@H]1CNCCO1)OC[C@H]1CNCCO1. The van der Waals surface area contributed by atoms with Crippen molar-refractivity contribution in [1.82, 2.24) is 10.6 Å². The molecule has 2 N–H and O–H groups in total. The third-order valence-corrected chi connectivity index (χ3v) is 3.19. The topological polar surface area (TPSA) is 95.1 Å². The highest BCUT2D eigenvalue weighted by atomic mass is 16.6. The third kappa shape index (κ3) is 6.52. The third-order valence-electron chi connectivity index (χ3n) is 3.19. The summed E-state index contributed by atoms with van der Waals surface area (Å²) in [6, 6.07) is 0. The molecule has 0 saturated carbocycles. The largest absolute Gasteiger partial charge is 0.460 e. The van der Waals surface area contributed by atoms with Gasteiger partial charge in [-0.05, 0) is 0 Å². The van der Waals surface area contributed by atoms with E-state index in [1.165, 1.54) is 0 Å². The monoisotopic (exact) mass is 314 g/mol. The molecule has 2 aliphatic rings. The van der Waals surface area contributed by atoms with Crippen molar-refractivity contribution < 1.29 is 28.5 Å². The van der Waals surface area contributed by atoms with Crippen LogP contribution in [-0.4, -0.2) is 76.8 Å². The smallest absolute Gasteiger partial charge is 0.331 e. The second-order valence-electron chi connectivity index (χ2n) is 4.99. The van der Waals surface area contributed by atoms with Gasteiger partial charge in [-0.2, -0.15) is 0 Å². The van der Waals surface area contributed by atoms with E-state index in [0.717, 1.165) is 25.2 Å². The molecule has 0 aliphatic carbocycles. The van der Waals surface area contributed by atoms with Gasteiger partial charge in [0.15, 0.2) is 0 Å². The average Bonchev–Trinajstić information content (AvgIpc) is 2.58. The van der Waals surface area contributed by atoms with Crippen molar-refractivity contribution in [3.05, 3.63) is 12.2 Å². The van der Waals surface area contributed by atoms with Gasteiger partial charge in [0, 0.05) is 38.3 Å². The molecule has 2 fully saturated rings. The fourth-order valence-corrected chi connectivity index (χ4v) is 2.04. The van der Waals surface area contributed by atoms with Gasteiger partial charge in [0.2, 0.25) is 0 Å². The minimum atomic E-state index is -0.596. The number of ether oxygens (including phenoxy) is 4. The summed E-state index contributed by atoms with van der Waals surface area (Å²) in [5.41, 5.74) is 0. The first-order chi connectivity index (χ1) is 10.7. The van der Waals surface area contributed by atoms with Gasteiger partial charge in [-0.15, -0.1) is 0 Å². The summed E-state index contributed by atoms with van der Waals surface area (Å²) in [6.07, 6.45) is 1.82. The summed E-state index contributed by atoms with van der Waals surface area (Å²) in [4.78, 5) is 22.9. The predicted molar refractivity (Wildman–Crippen MR) is 76.3 cm³/mol. The lowest BCUT2D eigenvalue weighted by Gasteiger charge is -2.23. The second kappa shape index (κ2) is 9.52. The van der Waals surface area contributed by atoms with Crippen LogP contribution in [0, 0.1) is 0 Å². The van der Waals surface area contributed by atoms with E-state index in [1.54, 1.807) is 0 Å². The summed E-state index contributed by atoms with van der Waals surface area (Å²) >= 11 is 0. The molecule has 2 saturated heterocycles. The van der Waals surface area contributed by atoms with E-state index in [1.807, 2.05) is 0 Å². The maximum absolute atomic E-state index is 11.5. The van der Waals surface area contributed by atoms with Gasteiger partial charge in [-0.25, -0.2) is 9.59 Å². The standard InChI is InChI=1S/C14H22N2O6/c17-13(21-9-11-7-15-3-5-19-11)1-2-14(18)22-10-12-8-16-4-6-20-12/h1-2,11-12,15-16H,3-10H2/b2-1-/t11-,12-/m1/s1. The lowest BCUT2D eigenvalue weighted by molar-refractivity contribution is -0.145. The van der Waals surface area contributed by atoms with Gasteiger partial charge < -0.3 is 29.6 Å². The van der Waals surface area contributed by atoms with Crippen LogP contribution in [-0.2, 0) is 28.5 Å². The molecule has 0 bridgehead atoms. The molecule has 0 aromatic rings. The molecule has 8 nitrogen and oxygen atoms in total. The first-order valence-electron chi connectivity index (χ1n) is 7.40. The first-order valence-corrected chi connectivity index (χ1v) is 7.40. The molecule has 124 valence electrons. The van der Waals surface area contributed by atoms with Crippen molar-refractivity contribution in [1.29, 1.82) is 0 Å². The summed E-state index contributed by atoms with van der Waals surface area (Å²) < 4.78 is 20.8. The van der Waals surface area contributed by atoms with Crippen LogP contribution in [0.5, 0.6) is 0 Å². The predicted octanol–water partition coefficient (Wildman–Crippen LogP) is -1.39. The zero-order valence-corrected chi connectivity index (χ0v) is 12.4. The Morgan fingerprint density at radius 3 is 1.73 bits per heavy atom. The lowest BCUT2D eigenvalue weighted by atomic mass is 10.3. The van der Waals surface area contributed by atoms with E-state index in [9.17, 15) is 9.59 Å². The van der Waals surface area contributed by atoms with E-state index in [0.29, 0.717) is 26.3 Å². The minimum absolute atomic E-state index is 0.144. The molecule has 0 aromatic heterocycles. The van der Waals surface area contributed by atoms with Gasteiger partial charge in [0.05, 0.1) is 13.2 Å². The number of morpholine rings is 2. The first kappa shape index (κ1) is 16.9. The number of rotatable bonds is 6. The Hall–Kier alpha value is -1.48. The van der Waals surface area contributed by atoms with E-state index < -0.39 is 11.9 Å². The molecule has 0 amide bonds. The minimum Gasteiger partial charge on any atom is -0.460 e. The quantitative estimate of drug-likeness (QED) is 0.457. The number of nitrogens with one attached hydrogen (secondary N) is 2. The second-order valence-corrected chi connectivity index (χ2v) is 4.99. The van der Waals surface area contributed by atoms with Crippen LogP contribution in [0.3, 0.4) is 0 Å². The maximum Gasteiger partial charge on any atom is 0.331 e. The average molecular weight is 314 g/mol. The normalized spacial score (nSPS) is 25.8. The van der Waals surface area contributed by atoms with Crippen LogP contribution in [0.25, 0.3) is 0 Å². The maximum atomic E-state index is 11.5. The molecule has 0 unspecified atom stereocenters. The Balaban J connectivity index is 1.58. The summed E-state index contributed by atoms with van der Waals surface area (Å²) in [5.74, 6) is -1.19. The Morgan fingerprint density at radius 1 is 0.909 bits per heavy atom. The zero-order valence-electron chi connectivity index (χ0n) is 12.4. The Morgan fingerprint density at radius 2 is 1.36 bits per heavy atom. The molecular weight excluding hydrogens is 292 g/mol. The Bertz CT molecular complexity index is 353. The number of hydrogen-bond acceptors (Lipinski definition) is 8. The molecule has 22 heavy (non-hydrogen) atoms. The van der Waals surface area contributed by atoms with Gasteiger partial charge in [0.1, 0.15) is 25.4 Å². The summed E-state index contributed by atoms with van der Waals surface area (Å²) in [6.45, 7) is 4.42. The molecule has 0 spiro atoms. The van der Waals surface area contributed by atoms with Gasteiger partial charge in [0.25, 0.3) is 0 Å². The van der Waals surface area contributed by atoms with Gasteiger partial charge in [-0.1, -0.05) is 0 Å². The molecule has 2 rings (SSSR count). The lowest BCUT2D eigenvalue weighted by Crippen LogP contribution is -2.41. The molecule has 2 heterocycles. The van der Waals surface area contributed by atoms with Crippen LogP contribution in [0.4, 0.5) is 0 Å². The van der Waals surface area contributed by atoms with Crippen molar-refractivity contribution in [3.8, 4) is 0 Å². The molecule has 8 heteroatoms. The molecule has 0 aromatic carbocycles. The van der Waals surface area contributed by atoms with Crippen LogP contribution in [0.1, 0.15) is 0 Å². The number of hydrogen-bond donors (Lipinski definition) is 2. The molecule has 2 aliphatic heterocycles. The highest BCUT2D eigenvalue weighted by Crippen LogP contribution is 1.99. The highest BCUT2D eigenvalue weighted by Gasteiger charge is 2.16. The van der Waals surface area contributed by atoms with Crippen molar-refractivity contribution >= 4 is 11.9 Å². The number of carbonyl (C=O) groups excluding carboxylic acids is 2. The van der Waals surface area contributed by atoms with Crippen molar-refractivity contribution in [2.75, 3.05) is 52.6 Å². The van der Waals surface area contributed by atoms with Gasteiger partial charge in [-0.3, -0.25) is 0 Å². The van der Waals surface area contributed by atoms with Crippen LogP contribution < -0.4 is 10.6 Å². The fourth-order valence-electron chi connectivity index (χ4n) is 2.04. The summed E-state index contributed by atoms with van der Waals surface area (Å²) in [7, 11) is 0. The molecule has 2 atom stereocenters. The van der Waals surface area contributed by atoms with Crippen LogP contribution in [0.2, 0.25) is 0 Å². The fraction of sp³-hybridized carbons (Fsp3) is 0.714. The molecule has 0 radical (unpaired) electrons. The van der Waals surface area contributed by atoms with Gasteiger partial charge >= 0.3 is 11.9 Å². The van der Waals surface area contributed by atoms with Crippen LogP contribution in [0.15, 0.2) is 12.2 Å². The molecular formula is C14H22N2O6. The van der Waals surface area contributed by atoms with Crippen molar-refractivity contribution in [2.45, 2.75) is 12.2 Å². The van der Waals surface area contributed by atoms with Crippen LogP contribution >= 0.6 is 0 Å². The van der Waals surface area contributed by atoms with E-state index >= 15 is 0 Å². The zero-order chi connectivity index (χ0) is 15.6.